The molecule has 6 nitrogen and oxygen atoms in total. The number of benzene rings is 3. The van der Waals surface area contributed by atoms with Crippen LogP contribution in [0.5, 0.6) is 5.75 Å². The first-order valence-corrected chi connectivity index (χ1v) is 12.8. The summed E-state index contributed by atoms with van der Waals surface area (Å²) in [5.74, 6) is 0.489. The molecule has 36 heavy (non-hydrogen) atoms. The van der Waals surface area contributed by atoms with Gasteiger partial charge >= 0.3 is 0 Å². The quantitative estimate of drug-likeness (QED) is 0.514. The van der Waals surface area contributed by atoms with Gasteiger partial charge in [0.25, 0.3) is 5.91 Å². The standard InChI is InChI=1S/C29H32ClN3O3/c30-24-14-12-22(13-15-24)18-32-29(35)25-10-7-11-27-26(25)20-33(19-23-8-3-1-4-9-23)21-28(34)31-16-5-2-6-17-36-27/h1,3-4,7-15H,2,5-6,16-21H2,(H,31,34)(H,32,35). The van der Waals surface area contributed by atoms with Gasteiger partial charge in [-0.05, 0) is 54.7 Å². The summed E-state index contributed by atoms with van der Waals surface area (Å²) >= 11 is 5.98. The van der Waals surface area contributed by atoms with Crippen LogP contribution >= 0.6 is 11.6 Å². The Bertz CT molecular complexity index is 1150. The molecule has 0 spiro atoms. The smallest absolute Gasteiger partial charge is 0.252 e. The molecule has 2 amide bonds. The first kappa shape index (κ1) is 25.7. The van der Waals surface area contributed by atoms with E-state index in [0.29, 0.717) is 49.1 Å². The maximum absolute atomic E-state index is 13.3. The normalized spacial score (nSPS) is 15.3. The lowest BCUT2D eigenvalue weighted by atomic mass is 10.0. The number of nitrogens with zero attached hydrogens (tertiary/aromatic N) is 1. The van der Waals surface area contributed by atoms with E-state index < -0.39 is 0 Å². The molecule has 1 aliphatic heterocycles. The molecule has 4 rings (SSSR count). The first-order chi connectivity index (χ1) is 17.6. The molecule has 1 heterocycles. The fourth-order valence-corrected chi connectivity index (χ4v) is 4.39. The molecule has 0 unspecified atom stereocenters. The van der Waals surface area contributed by atoms with E-state index in [2.05, 4.69) is 15.5 Å². The highest BCUT2D eigenvalue weighted by molar-refractivity contribution is 6.30. The Kier molecular flexibility index (Phi) is 9.36. The average Bonchev–Trinajstić information content (AvgIpc) is 2.90. The average molecular weight is 506 g/mol. The molecule has 0 aliphatic carbocycles. The zero-order valence-electron chi connectivity index (χ0n) is 20.3. The summed E-state index contributed by atoms with van der Waals surface area (Å²) in [4.78, 5) is 28.1. The SMILES string of the molecule is O=C1CN(Cc2ccccc2)Cc2c(cccc2C(=O)NCc2ccc(Cl)cc2)OCCCCCN1. The van der Waals surface area contributed by atoms with Gasteiger partial charge in [-0.1, -0.05) is 60.1 Å². The van der Waals surface area contributed by atoms with Crippen LogP contribution in [0.1, 0.15) is 46.3 Å². The fraction of sp³-hybridized carbons (Fsp3) is 0.310. The Morgan fingerprint density at radius 3 is 2.53 bits per heavy atom. The van der Waals surface area contributed by atoms with Crippen LogP contribution in [-0.2, 0) is 24.4 Å². The molecule has 0 saturated carbocycles. The molecule has 0 atom stereocenters. The Hall–Kier alpha value is -3.35. The zero-order chi connectivity index (χ0) is 25.2. The van der Waals surface area contributed by atoms with Crippen LogP contribution in [0.3, 0.4) is 0 Å². The van der Waals surface area contributed by atoms with E-state index in [0.717, 1.165) is 36.0 Å². The summed E-state index contributed by atoms with van der Waals surface area (Å²) in [6.45, 7) is 2.82. The highest BCUT2D eigenvalue weighted by Crippen LogP contribution is 2.26. The van der Waals surface area contributed by atoms with Gasteiger partial charge in [0, 0.05) is 42.3 Å². The summed E-state index contributed by atoms with van der Waals surface area (Å²) in [6.07, 6.45) is 2.76. The van der Waals surface area contributed by atoms with Gasteiger partial charge in [0.2, 0.25) is 5.91 Å². The molecule has 1 aliphatic rings. The highest BCUT2D eigenvalue weighted by atomic mass is 35.5. The minimum absolute atomic E-state index is 0.0164. The van der Waals surface area contributed by atoms with Crippen LogP contribution in [0.25, 0.3) is 0 Å². The van der Waals surface area contributed by atoms with Gasteiger partial charge in [0.1, 0.15) is 5.75 Å². The van der Waals surface area contributed by atoms with E-state index >= 15 is 0 Å². The van der Waals surface area contributed by atoms with Crippen molar-refractivity contribution in [2.24, 2.45) is 0 Å². The van der Waals surface area contributed by atoms with Crippen molar-refractivity contribution in [3.63, 3.8) is 0 Å². The number of amides is 2. The third-order valence-corrected chi connectivity index (χ3v) is 6.39. The molecular weight excluding hydrogens is 474 g/mol. The first-order valence-electron chi connectivity index (χ1n) is 12.4. The molecule has 188 valence electrons. The third kappa shape index (κ3) is 7.57. The Balaban J connectivity index is 1.60. The summed E-state index contributed by atoms with van der Waals surface area (Å²) < 4.78 is 6.17. The number of hydrogen-bond acceptors (Lipinski definition) is 4. The van der Waals surface area contributed by atoms with Crippen LogP contribution in [0, 0.1) is 0 Å². The topological polar surface area (TPSA) is 70.7 Å². The monoisotopic (exact) mass is 505 g/mol. The van der Waals surface area contributed by atoms with Crippen LogP contribution in [0.15, 0.2) is 72.8 Å². The number of nitrogens with one attached hydrogen (secondary N) is 2. The van der Waals surface area contributed by atoms with Crippen molar-refractivity contribution < 1.29 is 14.3 Å². The maximum Gasteiger partial charge on any atom is 0.252 e. The highest BCUT2D eigenvalue weighted by Gasteiger charge is 2.21. The van der Waals surface area contributed by atoms with E-state index in [1.54, 1.807) is 0 Å². The van der Waals surface area contributed by atoms with Crippen molar-refractivity contribution in [2.75, 3.05) is 19.7 Å². The van der Waals surface area contributed by atoms with E-state index in [9.17, 15) is 9.59 Å². The van der Waals surface area contributed by atoms with Gasteiger partial charge < -0.3 is 15.4 Å². The van der Waals surface area contributed by atoms with Gasteiger partial charge in [0.15, 0.2) is 0 Å². The van der Waals surface area contributed by atoms with Crippen molar-refractivity contribution in [1.29, 1.82) is 0 Å². The van der Waals surface area contributed by atoms with Crippen LogP contribution < -0.4 is 15.4 Å². The Morgan fingerprint density at radius 2 is 1.72 bits per heavy atom. The fourth-order valence-electron chi connectivity index (χ4n) is 4.26. The number of halogens is 1. The van der Waals surface area contributed by atoms with Gasteiger partial charge in [-0.3, -0.25) is 14.5 Å². The van der Waals surface area contributed by atoms with Crippen LogP contribution in [-0.4, -0.2) is 36.4 Å². The van der Waals surface area contributed by atoms with Gasteiger partial charge in [-0.2, -0.15) is 0 Å². The van der Waals surface area contributed by atoms with E-state index in [1.807, 2.05) is 72.8 Å². The summed E-state index contributed by atoms with van der Waals surface area (Å²) in [5, 5.41) is 6.71. The maximum atomic E-state index is 13.3. The Morgan fingerprint density at radius 1 is 0.917 bits per heavy atom. The van der Waals surface area contributed by atoms with E-state index in [4.69, 9.17) is 16.3 Å². The molecular formula is C29H32ClN3O3. The molecule has 0 bridgehead atoms. The minimum atomic E-state index is -0.182. The largest absolute Gasteiger partial charge is 0.493 e. The predicted octanol–water partition coefficient (Wildman–Crippen LogP) is 4.95. The molecule has 0 radical (unpaired) electrons. The van der Waals surface area contributed by atoms with Crippen LogP contribution in [0.4, 0.5) is 0 Å². The van der Waals surface area contributed by atoms with Gasteiger partial charge in [-0.25, -0.2) is 0 Å². The van der Waals surface area contributed by atoms with Gasteiger partial charge in [-0.15, -0.1) is 0 Å². The summed E-state index contributed by atoms with van der Waals surface area (Å²) in [5.41, 5.74) is 3.40. The Labute approximate surface area is 217 Å². The third-order valence-electron chi connectivity index (χ3n) is 6.14. The van der Waals surface area contributed by atoms with Crippen molar-refractivity contribution in [3.05, 3.63) is 100 Å². The van der Waals surface area contributed by atoms with E-state index in [1.165, 1.54) is 0 Å². The number of hydrogen-bond donors (Lipinski definition) is 2. The lowest BCUT2D eigenvalue weighted by Crippen LogP contribution is -2.37. The van der Waals surface area contributed by atoms with Crippen molar-refractivity contribution in [3.8, 4) is 5.75 Å². The molecule has 0 fully saturated rings. The number of carbonyl (C=O) groups is 2. The second-order valence-corrected chi connectivity index (χ2v) is 9.42. The van der Waals surface area contributed by atoms with E-state index in [-0.39, 0.29) is 18.4 Å². The molecule has 2 N–H and O–H groups in total. The lowest BCUT2D eigenvalue weighted by molar-refractivity contribution is -0.122. The minimum Gasteiger partial charge on any atom is -0.493 e. The molecule has 3 aromatic carbocycles. The van der Waals surface area contributed by atoms with Crippen LogP contribution in [0.2, 0.25) is 5.02 Å². The van der Waals surface area contributed by atoms with Crippen molar-refractivity contribution in [2.45, 2.75) is 38.9 Å². The predicted molar refractivity (Wildman–Crippen MR) is 142 cm³/mol. The molecule has 0 saturated heterocycles. The molecule has 7 heteroatoms. The summed E-state index contributed by atoms with van der Waals surface area (Å²) in [6, 6.07) is 23.0. The van der Waals surface area contributed by atoms with Crippen molar-refractivity contribution in [1.82, 2.24) is 15.5 Å². The summed E-state index contributed by atoms with van der Waals surface area (Å²) in [7, 11) is 0. The zero-order valence-corrected chi connectivity index (χ0v) is 21.1. The van der Waals surface area contributed by atoms with Gasteiger partial charge in [0.05, 0.1) is 13.2 Å². The number of rotatable bonds is 5. The number of ether oxygens (including phenoxy) is 1. The number of carbonyl (C=O) groups excluding carboxylic acids is 2. The second kappa shape index (κ2) is 13.1. The number of fused-ring (bicyclic) bond motifs is 1. The molecule has 3 aromatic rings. The second-order valence-electron chi connectivity index (χ2n) is 8.98. The lowest BCUT2D eigenvalue weighted by Gasteiger charge is -2.24. The molecule has 0 aromatic heterocycles. The van der Waals surface area contributed by atoms with Crippen molar-refractivity contribution >= 4 is 23.4 Å².